The summed E-state index contributed by atoms with van der Waals surface area (Å²) in [7, 11) is 1.23. The number of benzene rings is 1. The molecule has 1 amide bonds. The van der Waals surface area contributed by atoms with Gasteiger partial charge < -0.3 is 19.0 Å². The van der Waals surface area contributed by atoms with Crippen molar-refractivity contribution in [3.05, 3.63) is 54.2 Å². The van der Waals surface area contributed by atoms with Gasteiger partial charge in [0, 0.05) is 26.2 Å². The number of halogens is 1. The first kappa shape index (κ1) is 19.0. The number of furan rings is 1. The predicted octanol–water partition coefficient (Wildman–Crippen LogP) is 1.56. The van der Waals surface area contributed by atoms with Crippen molar-refractivity contribution in [2.24, 2.45) is 10.9 Å². The van der Waals surface area contributed by atoms with Crippen molar-refractivity contribution in [3.63, 3.8) is 0 Å². The number of nitrogens with one attached hydrogen (secondary N) is 1. The van der Waals surface area contributed by atoms with E-state index in [-0.39, 0.29) is 5.82 Å². The summed E-state index contributed by atoms with van der Waals surface area (Å²) in [6.45, 7) is 2.23. The maximum atomic E-state index is 14.0. The largest absolute Gasteiger partial charge is 0.468 e. The molecule has 1 N–H and O–H groups in total. The van der Waals surface area contributed by atoms with Crippen LogP contribution in [0.25, 0.3) is 0 Å². The van der Waals surface area contributed by atoms with E-state index in [9.17, 15) is 14.0 Å². The second kappa shape index (κ2) is 7.94. The molecule has 152 valence electrons. The molecule has 1 aromatic heterocycles. The average molecular weight is 400 g/mol. The van der Waals surface area contributed by atoms with Gasteiger partial charge in [-0.15, -0.1) is 0 Å². The first-order chi connectivity index (χ1) is 14.1. The zero-order valence-electron chi connectivity index (χ0n) is 15.9. The highest BCUT2D eigenvalue weighted by Crippen LogP contribution is 2.31. The molecule has 9 heteroatoms. The number of amides is 1. The molecule has 29 heavy (non-hydrogen) atoms. The Kier molecular flexibility index (Phi) is 5.20. The summed E-state index contributed by atoms with van der Waals surface area (Å²) in [5.74, 6) is -1.74. The lowest BCUT2D eigenvalue weighted by atomic mass is 9.95. The molecule has 2 aliphatic rings. The molecule has 0 aliphatic carbocycles. The lowest BCUT2D eigenvalue weighted by Crippen LogP contribution is -2.57. The molecule has 1 fully saturated rings. The van der Waals surface area contributed by atoms with Gasteiger partial charge in [-0.1, -0.05) is 12.1 Å². The molecule has 8 nitrogen and oxygen atoms in total. The fourth-order valence-corrected chi connectivity index (χ4v) is 3.65. The van der Waals surface area contributed by atoms with Crippen molar-refractivity contribution in [1.29, 1.82) is 0 Å². The number of rotatable bonds is 3. The lowest BCUT2D eigenvalue weighted by molar-refractivity contribution is -0.151. The molecule has 0 saturated carbocycles. The second-order valence-electron chi connectivity index (χ2n) is 6.83. The van der Waals surface area contributed by atoms with Crippen LogP contribution in [0.1, 0.15) is 11.8 Å². The number of aliphatic imine (C=N–C) groups is 1. The minimum Gasteiger partial charge on any atom is -0.468 e. The van der Waals surface area contributed by atoms with Crippen molar-refractivity contribution in [1.82, 2.24) is 10.2 Å². The van der Waals surface area contributed by atoms with Crippen LogP contribution in [0.5, 0.6) is 0 Å². The van der Waals surface area contributed by atoms with Gasteiger partial charge in [-0.25, -0.2) is 9.38 Å². The minimum atomic E-state index is -1.12. The van der Waals surface area contributed by atoms with E-state index in [0.29, 0.717) is 43.6 Å². The Hall–Kier alpha value is -3.36. The van der Waals surface area contributed by atoms with Gasteiger partial charge in [0.1, 0.15) is 17.6 Å². The Labute approximate surface area is 166 Å². The fourth-order valence-electron chi connectivity index (χ4n) is 3.65. The Bertz CT molecular complexity index is 922. The number of hydrogen-bond acceptors (Lipinski definition) is 7. The molecule has 2 aromatic rings. The Morgan fingerprint density at radius 2 is 1.90 bits per heavy atom. The highest BCUT2D eigenvalue weighted by Gasteiger charge is 2.43. The van der Waals surface area contributed by atoms with Crippen molar-refractivity contribution in [3.8, 4) is 0 Å². The van der Waals surface area contributed by atoms with Crippen molar-refractivity contribution in [2.75, 3.05) is 38.2 Å². The van der Waals surface area contributed by atoms with E-state index in [4.69, 9.17) is 9.15 Å². The maximum absolute atomic E-state index is 14.0. The van der Waals surface area contributed by atoms with E-state index in [0.717, 1.165) is 0 Å². The maximum Gasteiger partial charge on any atom is 0.320 e. The molecule has 0 spiro atoms. The van der Waals surface area contributed by atoms with E-state index in [2.05, 4.69) is 10.3 Å². The summed E-state index contributed by atoms with van der Waals surface area (Å²) in [6, 6.07) is 9.21. The third-order valence-corrected chi connectivity index (χ3v) is 5.16. The SMILES string of the molecule is COC(=O)C1C(=O)NC(N2CCN(c3ccccc3F)CC2)=NC1c1ccco1. The molecular formula is C20H21FN4O4. The van der Waals surface area contributed by atoms with E-state index in [1.54, 1.807) is 30.3 Å². The number of piperazine rings is 1. The van der Waals surface area contributed by atoms with Gasteiger partial charge in [0.15, 0.2) is 5.92 Å². The number of methoxy groups -OCH3 is 1. The van der Waals surface area contributed by atoms with E-state index >= 15 is 0 Å². The van der Waals surface area contributed by atoms with E-state index in [1.807, 2.05) is 9.80 Å². The van der Waals surface area contributed by atoms with Crippen LogP contribution in [0.15, 0.2) is 52.1 Å². The zero-order chi connectivity index (χ0) is 20.4. The van der Waals surface area contributed by atoms with Crippen LogP contribution in [0.3, 0.4) is 0 Å². The van der Waals surface area contributed by atoms with Gasteiger partial charge in [0.05, 0.1) is 19.1 Å². The van der Waals surface area contributed by atoms with Gasteiger partial charge in [0.25, 0.3) is 0 Å². The number of hydrogen-bond donors (Lipinski definition) is 1. The summed E-state index contributed by atoms with van der Waals surface area (Å²) in [6.07, 6.45) is 1.47. The van der Waals surface area contributed by atoms with Crippen molar-refractivity contribution >= 4 is 23.5 Å². The monoisotopic (exact) mass is 400 g/mol. The molecule has 2 unspecified atom stereocenters. The first-order valence-electron chi connectivity index (χ1n) is 9.33. The van der Waals surface area contributed by atoms with Crippen LogP contribution in [0.4, 0.5) is 10.1 Å². The molecule has 0 bridgehead atoms. The highest BCUT2D eigenvalue weighted by molar-refractivity contribution is 6.08. The number of anilines is 1. The lowest BCUT2D eigenvalue weighted by Gasteiger charge is -2.39. The minimum absolute atomic E-state index is 0.261. The highest BCUT2D eigenvalue weighted by atomic mass is 19.1. The predicted molar refractivity (Wildman–Crippen MR) is 103 cm³/mol. The Morgan fingerprint density at radius 1 is 1.17 bits per heavy atom. The number of nitrogens with zero attached hydrogens (tertiary/aromatic N) is 3. The quantitative estimate of drug-likeness (QED) is 0.622. The molecule has 3 heterocycles. The molecule has 2 atom stereocenters. The summed E-state index contributed by atoms with van der Waals surface area (Å²) >= 11 is 0. The van der Waals surface area contributed by atoms with Gasteiger partial charge in [-0.2, -0.15) is 0 Å². The number of carbonyl (C=O) groups excluding carboxylic acids is 2. The summed E-state index contributed by atoms with van der Waals surface area (Å²) in [5, 5.41) is 2.71. The topological polar surface area (TPSA) is 87.4 Å². The fraction of sp³-hybridized carbons (Fsp3) is 0.350. The van der Waals surface area contributed by atoms with Gasteiger partial charge in [0.2, 0.25) is 11.9 Å². The molecule has 0 radical (unpaired) electrons. The number of ether oxygens (including phenoxy) is 1. The summed E-state index contributed by atoms with van der Waals surface area (Å²) in [5.41, 5.74) is 0.556. The van der Waals surface area contributed by atoms with Crippen LogP contribution >= 0.6 is 0 Å². The molecular weight excluding hydrogens is 379 g/mol. The van der Waals surface area contributed by atoms with Crippen LogP contribution in [-0.4, -0.2) is 56.0 Å². The van der Waals surface area contributed by atoms with E-state index < -0.39 is 23.8 Å². The molecule has 4 rings (SSSR count). The van der Waals surface area contributed by atoms with Crippen LogP contribution in [0.2, 0.25) is 0 Å². The number of guanidine groups is 1. The third kappa shape index (κ3) is 3.67. The van der Waals surface area contributed by atoms with Gasteiger partial charge in [-0.05, 0) is 24.3 Å². The Morgan fingerprint density at radius 3 is 2.55 bits per heavy atom. The van der Waals surface area contributed by atoms with Crippen LogP contribution in [0, 0.1) is 11.7 Å². The first-order valence-corrected chi connectivity index (χ1v) is 9.33. The normalized spacial score (nSPS) is 22.1. The standard InChI is InChI=1S/C20H21FN4O4/c1-28-19(27)16-17(15-7-4-12-29-15)22-20(23-18(16)26)25-10-8-24(9-11-25)14-6-3-2-5-13(14)21/h2-7,12,16-17H,8-11H2,1H3,(H,22,23,26). The average Bonchev–Trinajstić information content (AvgIpc) is 3.28. The smallest absolute Gasteiger partial charge is 0.320 e. The van der Waals surface area contributed by atoms with Crippen LogP contribution in [-0.2, 0) is 14.3 Å². The van der Waals surface area contributed by atoms with Gasteiger partial charge >= 0.3 is 5.97 Å². The van der Waals surface area contributed by atoms with Crippen molar-refractivity contribution in [2.45, 2.75) is 6.04 Å². The second-order valence-corrected chi connectivity index (χ2v) is 6.83. The van der Waals surface area contributed by atoms with E-state index in [1.165, 1.54) is 19.4 Å². The number of carbonyl (C=O) groups is 2. The molecule has 1 aromatic carbocycles. The summed E-state index contributed by atoms with van der Waals surface area (Å²) in [4.78, 5) is 33.3. The number of para-hydroxylation sites is 1. The number of esters is 1. The Balaban J connectivity index is 1.53. The summed E-state index contributed by atoms with van der Waals surface area (Å²) < 4.78 is 24.2. The zero-order valence-corrected chi connectivity index (χ0v) is 15.9. The van der Waals surface area contributed by atoms with Gasteiger partial charge in [-0.3, -0.25) is 14.9 Å². The molecule has 2 aliphatic heterocycles. The van der Waals surface area contributed by atoms with Crippen molar-refractivity contribution < 1.29 is 23.1 Å². The molecule has 1 saturated heterocycles. The van der Waals surface area contributed by atoms with Crippen LogP contribution < -0.4 is 10.2 Å². The third-order valence-electron chi connectivity index (χ3n) is 5.16.